The number of ether oxygens (including phenoxy) is 2. The molecular formula is C24H24N2O6S. The Morgan fingerprint density at radius 3 is 2.27 bits per heavy atom. The standard InChI is InChI=1S/C24H24N2O6S/c1-26(19-11-4-3-5-12-19)33(29,30)22-15-9-7-13-20(22)24(28)32-17-23(27)25-16-18-10-6-8-14-21(18)31-2/h3-15H,16-17H2,1-2H3,(H,25,27). The van der Waals surface area contributed by atoms with E-state index in [1.165, 1.54) is 38.4 Å². The lowest BCUT2D eigenvalue weighted by molar-refractivity contribution is -0.124. The Kier molecular flexibility index (Phi) is 7.68. The predicted molar refractivity (Wildman–Crippen MR) is 124 cm³/mol. The molecule has 0 unspecified atom stereocenters. The predicted octanol–water partition coefficient (Wildman–Crippen LogP) is 2.99. The van der Waals surface area contributed by atoms with E-state index in [1.807, 2.05) is 12.1 Å². The molecule has 3 aromatic carbocycles. The Morgan fingerprint density at radius 1 is 0.909 bits per heavy atom. The van der Waals surface area contributed by atoms with E-state index >= 15 is 0 Å². The Morgan fingerprint density at radius 2 is 1.55 bits per heavy atom. The van der Waals surface area contributed by atoms with Gasteiger partial charge in [-0.05, 0) is 30.3 Å². The zero-order valence-electron chi connectivity index (χ0n) is 18.2. The number of rotatable bonds is 9. The van der Waals surface area contributed by atoms with Gasteiger partial charge in [0, 0.05) is 19.2 Å². The maximum absolute atomic E-state index is 13.1. The first-order chi connectivity index (χ1) is 15.8. The number of anilines is 1. The molecule has 3 rings (SSSR count). The molecule has 1 N–H and O–H groups in total. The molecule has 0 fully saturated rings. The van der Waals surface area contributed by atoms with Gasteiger partial charge in [0.1, 0.15) is 10.6 Å². The number of carbonyl (C=O) groups is 2. The fourth-order valence-electron chi connectivity index (χ4n) is 3.09. The molecule has 0 aliphatic rings. The third kappa shape index (κ3) is 5.69. The van der Waals surface area contributed by atoms with E-state index < -0.39 is 28.5 Å². The Bertz CT molecular complexity index is 1230. The van der Waals surface area contributed by atoms with Crippen LogP contribution in [0.3, 0.4) is 0 Å². The minimum absolute atomic E-state index is 0.155. The second-order valence-corrected chi connectivity index (χ2v) is 8.91. The summed E-state index contributed by atoms with van der Waals surface area (Å²) in [5.74, 6) is -0.824. The molecule has 33 heavy (non-hydrogen) atoms. The van der Waals surface area contributed by atoms with Crippen molar-refractivity contribution in [2.24, 2.45) is 0 Å². The fraction of sp³-hybridized carbons (Fsp3) is 0.167. The van der Waals surface area contributed by atoms with Crippen molar-refractivity contribution < 1.29 is 27.5 Å². The molecule has 0 aliphatic carbocycles. The number of amides is 1. The van der Waals surface area contributed by atoms with Crippen molar-refractivity contribution in [2.45, 2.75) is 11.4 Å². The molecule has 0 radical (unpaired) electrons. The Labute approximate surface area is 192 Å². The fourth-order valence-corrected chi connectivity index (χ4v) is 4.46. The number of para-hydroxylation sites is 2. The van der Waals surface area contributed by atoms with E-state index in [9.17, 15) is 18.0 Å². The summed E-state index contributed by atoms with van der Waals surface area (Å²) in [6, 6.07) is 21.4. The van der Waals surface area contributed by atoms with Crippen LogP contribution in [-0.2, 0) is 26.1 Å². The third-order valence-electron chi connectivity index (χ3n) is 4.87. The smallest absolute Gasteiger partial charge is 0.340 e. The number of carbonyl (C=O) groups excluding carboxylic acids is 2. The van der Waals surface area contributed by atoms with Crippen LogP contribution in [0, 0.1) is 0 Å². The monoisotopic (exact) mass is 468 g/mol. The maximum atomic E-state index is 13.1. The van der Waals surface area contributed by atoms with Crippen LogP contribution in [0.4, 0.5) is 5.69 Å². The van der Waals surface area contributed by atoms with Crippen molar-refractivity contribution in [1.82, 2.24) is 5.32 Å². The minimum Gasteiger partial charge on any atom is -0.496 e. The number of esters is 1. The first-order valence-electron chi connectivity index (χ1n) is 10.0. The number of benzene rings is 3. The molecule has 0 heterocycles. The summed E-state index contributed by atoms with van der Waals surface area (Å²) in [4.78, 5) is 24.6. The molecule has 3 aromatic rings. The molecule has 9 heteroatoms. The summed E-state index contributed by atoms with van der Waals surface area (Å²) < 4.78 is 37.7. The zero-order chi connectivity index (χ0) is 23.8. The van der Waals surface area contributed by atoms with Crippen LogP contribution in [-0.4, -0.2) is 41.1 Å². The van der Waals surface area contributed by atoms with Gasteiger partial charge in [-0.2, -0.15) is 0 Å². The second-order valence-electron chi connectivity index (χ2n) is 6.97. The van der Waals surface area contributed by atoms with E-state index in [4.69, 9.17) is 9.47 Å². The van der Waals surface area contributed by atoms with Gasteiger partial charge >= 0.3 is 5.97 Å². The summed E-state index contributed by atoms with van der Waals surface area (Å²) >= 11 is 0. The lowest BCUT2D eigenvalue weighted by Crippen LogP contribution is -2.30. The Hall–Kier alpha value is -3.85. The van der Waals surface area contributed by atoms with E-state index in [-0.39, 0.29) is 17.0 Å². The lowest BCUT2D eigenvalue weighted by Gasteiger charge is -2.20. The van der Waals surface area contributed by atoms with E-state index in [0.717, 1.165) is 9.87 Å². The summed E-state index contributed by atoms with van der Waals surface area (Å²) in [5, 5.41) is 2.64. The highest BCUT2D eigenvalue weighted by Crippen LogP contribution is 2.25. The molecule has 1 amide bonds. The van der Waals surface area contributed by atoms with Gasteiger partial charge in [-0.25, -0.2) is 13.2 Å². The number of nitrogens with one attached hydrogen (secondary N) is 1. The van der Waals surface area contributed by atoms with Gasteiger partial charge in [-0.15, -0.1) is 0 Å². The summed E-state index contributed by atoms with van der Waals surface area (Å²) in [6.45, 7) is -0.371. The van der Waals surface area contributed by atoms with Crippen LogP contribution in [0.2, 0.25) is 0 Å². The number of hydrogen-bond donors (Lipinski definition) is 1. The maximum Gasteiger partial charge on any atom is 0.340 e. The first kappa shape index (κ1) is 23.8. The topological polar surface area (TPSA) is 102 Å². The van der Waals surface area contributed by atoms with Crippen molar-refractivity contribution in [3.63, 3.8) is 0 Å². The average molecular weight is 469 g/mol. The third-order valence-corrected chi connectivity index (χ3v) is 6.71. The lowest BCUT2D eigenvalue weighted by atomic mass is 10.2. The number of methoxy groups -OCH3 is 1. The summed E-state index contributed by atoms with van der Waals surface area (Å²) in [7, 11) is -1.11. The molecule has 0 aromatic heterocycles. The van der Waals surface area contributed by atoms with Crippen molar-refractivity contribution in [2.75, 3.05) is 25.1 Å². The van der Waals surface area contributed by atoms with Crippen molar-refractivity contribution in [1.29, 1.82) is 0 Å². The number of hydrogen-bond acceptors (Lipinski definition) is 6. The molecule has 8 nitrogen and oxygen atoms in total. The van der Waals surface area contributed by atoms with Crippen LogP contribution in [0.25, 0.3) is 0 Å². The largest absolute Gasteiger partial charge is 0.496 e. The number of nitrogens with zero attached hydrogens (tertiary/aromatic N) is 1. The molecule has 0 saturated heterocycles. The highest BCUT2D eigenvalue weighted by Gasteiger charge is 2.27. The van der Waals surface area contributed by atoms with Gasteiger partial charge < -0.3 is 14.8 Å². The normalized spacial score (nSPS) is 10.8. The molecule has 172 valence electrons. The minimum atomic E-state index is -4.04. The van der Waals surface area contributed by atoms with E-state index in [0.29, 0.717) is 11.4 Å². The van der Waals surface area contributed by atoms with Gasteiger partial charge in [-0.1, -0.05) is 48.5 Å². The van der Waals surface area contributed by atoms with Crippen molar-refractivity contribution in [3.05, 3.63) is 90.0 Å². The molecular weight excluding hydrogens is 444 g/mol. The van der Waals surface area contributed by atoms with Crippen molar-refractivity contribution in [3.8, 4) is 5.75 Å². The van der Waals surface area contributed by atoms with Crippen LogP contribution in [0.15, 0.2) is 83.8 Å². The zero-order valence-corrected chi connectivity index (χ0v) is 19.0. The molecule has 0 aliphatic heterocycles. The van der Waals surface area contributed by atoms with E-state index in [2.05, 4.69) is 5.32 Å². The quantitative estimate of drug-likeness (QED) is 0.485. The summed E-state index contributed by atoms with van der Waals surface area (Å²) in [6.07, 6.45) is 0. The van der Waals surface area contributed by atoms with Gasteiger partial charge in [0.25, 0.3) is 15.9 Å². The van der Waals surface area contributed by atoms with Crippen LogP contribution in [0.1, 0.15) is 15.9 Å². The van der Waals surface area contributed by atoms with E-state index in [1.54, 1.807) is 42.5 Å². The average Bonchev–Trinajstić information content (AvgIpc) is 2.86. The summed E-state index contributed by atoms with van der Waals surface area (Å²) in [5.41, 5.74) is 1.05. The molecule has 0 bridgehead atoms. The Balaban J connectivity index is 1.68. The number of sulfonamides is 1. The molecule has 0 spiro atoms. The first-order valence-corrected chi connectivity index (χ1v) is 11.5. The van der Waals surface area contributed by atoms with Gasteiger partial charge in [0.15, 0.2) is 6.61 Å². The van der Waals surface area contributed by atoms with Gasteiger partial charge in [-0.3, -0.25) is 9.10 Å². The van der Waals surface area contributed by atoms with Crippen LogP contribution >= 0.6 is 0 Å². The highest BCUT2D eigenvalue weighted by molar-refractivity contribution is 7.92. The van der Waals surface area contributed by atoms with Crippen molar-refractivity contribution >= 4 is 27.6 Å². The SMILES string of the molecule is COc1ccccc1CNC(=O)COC(=O)c1ccccc1S(=O)(=O)N(C)c1ccccc1. The van der Waals surface area contributed by atoms with Crippen LogP contribution < -0.4 is 14.4 Å². The highest BCUT2D eigenvalue weighted by atomic mass is 32.2. The molecule has 0 saturated carbocycles. The van der Waals surface area contributed by atoms with Gasteiger partial charge in [0.05, 0.1) is 18.4 Å². The van der Waals surface area contributed by atoms with Gasteiger partial charge in [0.2, 0.25) is 0 Å². The van der Waals surface area contributed by atoms with Crippen LogP contribution in [0.5, 0.6) is 5.75 Å². The molecule has 0 atom stereocenters. The second kappa shape index (κ2) is 10.6.